The Morgan fingerprint density at radius 3 is 2.63 bits per heavy atom. The highest BCUT2D eigenvalue weighted by atomic mass is 127. The number of ether oxygens (including phenoxy) is 1. The van der Waals surface area contributed by atoms with Gasteiger partial charge in [-0.1, -0.05) is 13.0 Å². The van der Waals surface area contributed by atoms with Gasteiger partial charge in [-0.25, -0.2) is 0 Å². The number of carbonyl (C=O) groups is 1. The first kappa shape index (κ1) is 26.3. The zero-order chi connectivity index (χ0) is 21.3. The summed E-state index contributed by atoms with van der Waals surface area (Å²) in [5.41, 5.74) is -0.735. The van der Waals surface area contributed by atoms with E-state index in [-0.39, 0.29) is 41.7 Å². The monoisotopic (exact) mass is 542 g/mol. The average Bonchev–Trinajstić information content (AvgIpc) is 3.49. The summed E-state index contributed by atoms with van der Waals surface area (Å²) < 4.78 is 44.2. The van der Waals surface area contributed by atoms with Gasteiger partial charge in [-0.15, -0.1) is 24.0 Å². The van der Waals surface area contributed by atoms with Crippen molar-refractivity contribution < 1.29 is 22.7 Å². The topological polar surface area (TPSA) is 74.8 Å². The molecule has 0 aromatic heterocycles. The summed E-state index contributed by atoms with van der Waals surface area (Å²) in [6.07, 6.45) is -0.832. The fourth-order valence-corrected chi connectivity index (χ4v) is 2.62. The molecule has 1 aromatic carbocycles. The summed E-state index contributed by atoms with van der Waals surface area (Å²) in [5, 5.41) is 9.17. The van der Waals surface area contributed by atoms with Gasteiger partial charge >= 0.3 is 6.18 Å². The van der Waals surface area contributed by atoms with Gasteiger partial charge in [0.1, 0.15) is 11.9 Å². The van der Waals surface area contributed by atoms with Crippen LogP contribution in [0.2, 0.25) is 0 Å². The lowest BCUT2D eigenvalue weighted by Crippen LogP contribution is -2.42. The van der Waals surface area contributed by atoms with Crippen LogP contribution in [0.4, 0.5) is 13.2 Å². The van der Waals surface area contributed by atoms with Gasteiger partial charge in [0.05, 0.1) is 12.1 Å². The average molecular weight is 542 g/mol. The van der Waals surface area contributed by atoms with E-state index in [2.05, 4.69) is 20.9 Å². The van der Waals surface area contributed by atoms with Gasteiger partial charge in [0.2, 0.25) is 5.91 Å². The van der Waals surface area contributed by atoms with Crippen molar-refractivity contribution >= 4 is 35.8 Å². The van der Waals surface area contributed by atoms with Crippen molar-refractivity contribution in [1.82, 2.24) is 16.0 Å². The zero-order valence-corrected chi connectivity index (χ0v) is 19.6. The molecule has 0 spiro atoms. The van der Waals surface area contributed by atoms with Crippen LogP contribution < -0.4 is 20.7 Å². The second-order valence-corrected chi connectivity index (χ2v) is 7.00. The first-order valence-electron chi connectivity index (χ1n) is 9.89. The van der Waals surface area contributed by atoms with Crippen LogP contribution >= 0.6 is 24.0 Å². The van der Waals surface area contributed by atoms with Crippen LogP contribution in [0.5, 0.6) is 5.75 Å². The van der Waals surface area contributed by atoms with Crippen LogP contribution in [-0.4, -0.2) is 44.1 Å². The predicted octanol–water partition coefficient (Wildman–Crippen LogP) is 3.70. The number of carbonyl (C=O) groups excluding carboxylic acids is 1. The molecule has 1 saturated carbocycles. The van der Waals surface area contributed by atoms with Crippen LogP contribution in [0.3, 0.4) is 0 Å². The van der Waals surface area contributed by atoms with Crippen LogP contribution in [0.15, 0.2) is 29.3 Å². The van der Waals surface area contributed by atoms with Crippen molar-refractivity contribution in [3.8, 4) is 5.75 Å². The molecule has 1 aliphatic rings. The van der Waals surface area contributed by atoms with Crippen LogP contribution in [0.25, 0.3) is 0 Å². The highest BCUT2D eigenvalue weighted by Crippen LogP contribution is 2.31. The lowest BCUT2D eigenvalue weighted by atomic mass is 10.2. The number of nitrogens with zero attached hydrogens (tertiary/aromatic N) is 1. The molecule has 0 bridgehead atoms. The molecule has 1 atom stereocenters. The van der Waals surface area contributed by atoms with Gasteiger partial charge in [0.25, 0.3) is 0 Å². The number of amides is 1. The van der Waals surface area contributed by atoms with Crippen molar-refractivity contribution in [2.45, 2.75) is 57.3 Å². The Kier molecular flexibility index (Phi) is 11.3. The smallest absolute Gasteiger partial charge is 0.416 e. The van der Waals surface area contributed by atoms with Crippen LogP contribution in [-0.2, 0) is 11.0 Å². The number of hydrogen-bond donors (Lipinski definition) is 3. The van der Waals surface area contributed by atoms with Gasteiger partial charge in [-0.05, 0) is 43.9 Å². The minimum Gasteiger partial charge on any atom is -0.489 e. The van der Waals surface area contributed by atoms with E-state index in [9.17, 15) is 18.0 Å². The number of rotatable bonds is 10. The van der Waals surface area contributed by atoms with E-state index in [1.807, 2.05) is 6.92 Å². The van der Waals surface area contributed by atoms with Crippen LogP contribution in [0.1, 0.15) is 44.6 Å². The molecule has 3 N–H and O–H groups in total. The quantitative estimate of drug-likeness (QED) is 0.183. The van der Waals surface area contributed by atoms with Gasteiger partial charge < -0.3 is 20.7 Å². The van der Waals surface area contributed by atoms with Crippen molar-refractivity contribution in [3.05, 3.63) is 29.8 Å². The molecule has 1 amide bonds. The van der Waals surface area contributed by atoms with Crippen molar-refractivity contribution in [2.75, 3.05) is 20.1 Å². The van der Waals surface area contributed by atoms with Gasteiger partial charge in [0, 0.05) is 26.1 Å². The lowest BCUT2D eigenvalue weighted by Gasteiger charge is -2.20. The molecule has 10 heteroatoms. The van der Waals surface area contributed by atoms with E-state index >= 15 is 0 Å². The van der Waals surface area contributed by atoms with E-state index in [1.54, 1.807) is 7.05 Å². The van der Waals surface area contributed by atoms with E-state index in [1.165, 1.54) is 12.1 Å². The molecule has 1 aliphatic carbocycles. The fraction of sp³-hybridized carbons (Fsp3) is 0.600. The number of halogens is 4. The summed E-state index contributed by atoms with van der Waals surface area (Å²) in [6.45, 7) is 2.87. The number of alkyl halides is 3. The first-order valence-corrected chi connectivity index (χ1v) is 9.89. The van der Waals surface area contributed by atoms with E-state index < -0.39 is 11.7 Å². The second-order valence-electron chi connectivity index (χ2n) is 7.00. The molecule has 0 heterocycles. The van der Waals surface area contributed by atoms with Gasteiger partial charge in [-0.2, -0.15) is 13.2 Å². The largest absolute Gasteiger partial charge is 0.489 e. The van der Waals surface area contributed by atoms with Crippen molar-refractivity contribution in [3.63, 3.8) is 0 Å². The summed E-state index contributed by atoms with van der Waals surface area (Å²) in [7, 11) is 1.63. The number of guanidine groups is 1. The predicted molar refractivity (Wildman–Crippen MR) is 121 cm³/mol. The number of benzene rings is 1. The third-order valence-corrected chi connectivity index (χ3v) is 4.46. The minimum absolute atomic E-state index is 0. The molecule has 30 heavy (non-hydrogen) atoms. The molecular weight excluding hydrogens is 512 g/mol. The summed E-state index contributed by atoms with van der Waals surface area (Å²) in [4.78, 5) is 15.8. The molecule has 0 radical (unpaired) electrons. The molecule has 1 unspecified atom stereocenters. The van der Waals surface area contributed by atoms with E-state index in [0.29, 0.717) is 44.4 Å². The molecule has 0 aliphatic heterocycles. The molecule has 1 fully saturated rings. The van der Waals surface area contributed by atoms with Gasteiger partial charge in [0.15, 0.2) is 5.96 Å². The van der Waals surface area contributed by atoms with E-state index in [4.69, 9.17) is 4.74 Å². The molecule has 1 aromatic rings. The Morgan fingerprint density at radius 1 is 1.30 bits per heavy atom. The maximum atomic E-state index is 12.8. The second kappa shape index (κ2) is 12.9. The van der Waals surface area contributed by atoms with Crippen molar-refractivity contribution in [2.24, 2.45) is 4.99 Å². The Bertz CT molecular complexity index is 697. The zero-order valence-electron chi connectivity index (χ0n) is 17.2. The molecule has 0 saturated heterocycles. The minimum atomic E-state index is -4.40. The molecule has 2 rings (SSSR count). The SMILES string of the molecule is CCC(CNC(=NC)NCCCC(=O)NC1CC1)Oc1cccc(C(F)(F)F)c1.I. The number of aliphatic imine (C=N–C) groups is 1. The Morgan fingerprint density at radius 2 is 2.03 bits per heavy atom. The van der Waals surface area contributed by atoms with Gasteiger partial charge in [-0.3, -0.25) is 9.79 Å². The Labute approximate surface area is 192 Å². The standard InChI is InChI=1S/C20H29F3N4O2.HI/c1-3-16(29-17-7-4-6-14(12-17)20(21,22)23)13-26-19(24-2)25-11-5-8-18(28)27-15-9-10-15;/h4,6-7,12,15-16H,3,5,8-11,13H2,1-2H3,(H,27,28)(H2,24,25,26);1H. The maximum Gasteiger partial charge on any atom is 0.416 e. The molecular formula is C20H30F3IN4O2. The summed E-state index contributed by atoms with van der Waals surface area (Å²) >= 11 is 0. The summed E-state index contributed by atoms with van der Waals surface area (Å²) in [5.74, 6) is 0.801. The number of hydrogen-bond acceptors (Lipinski definition) is 3. The maximum absolute atomic E-state index is 12.8. The highest BCUT2D eigenvalue weighted by Gasteiger charge is 2.30. The molecule has 6 nitrogen and oxygen atoms in total. The lowest BCUT2D eigenvalue weighted by molar-refractivity contribution is -0.137. The fourth-order valence-electron chi connectivity index (χ4n) is 2.62. The third-order valence-electron chi connectivity index (χ3n) is 4.46. The Hall–Kier alpha value is -1.72. The van der Waals surface area contributed by atoms with Crippen molar-refractivity contribution in [1.29, 1.82) is 0 Å². The third kappa shape index (κ3) is 9.86. The van der Waals surface area contributed by atoms with Crippen LogP contribution in [0, 0.1) is 0 Å². The number of nitrogens with one attached hydrogen (secondary N) is 3. The molecule has 170 valence electrons. The highest BCUT2D eigenvalue weighted by molar-refractivity contribution is 14.0. The summed E-state index contributed by atoms with van der Waals surface area (Å²) in [6, 6.07) is 5.23. The Balaban J connectivity index is 0.00000450. The first-order chi connectivity index (χ1) is 13.8. The normalized spacial score (nSPS) is 15.0. The van der Waals surface area contributed by atoms with E-state index in [0.717, 1.165) is 25.0 Å².